The summed E-state index contributed by atoms with van der Waals surface area (Å²) in [5.41, 5.74) is 6.80. The van der Waals surface area contributed by atoms with Crippen molar-refractivity contribution in [3.63, 3.8) is 0 Å². The summed E-state index contributed by atoms with van der Waals surface area (Å²) in [5, 5.41) is 17.9. The van der Waals surface area contributed by atoms with Gasteiger partial charge in [0.2, 0.25) is 0 Å². The van der Waals surface area contributed by atoms with Crippen molar-refractivity contribution in [2.75, 3.05) is 0 Å². The van der Waals surface area contributed by atoms with Gasteiger partial charge in [0.1, 0.15) is 11.8 Å². The molecule has 1 atom stereocenters. The lowest BCUT2D eigenvalue weighted by Gasteiger charge is -2.11. The Hall–Kier alpha value is -1.55. The van der Waals surface area contributed by atoms with Crippen LogP contribution in [0.2, 0.25) is 0 Å². The Morgan fingerprint density at radius 3 is 2.71 bits per heavy atom. The molecule has 0 aliphatic heterocycles. The Labute approximate surface area is 82.0 Å². The van der Waals surface area contributed by atoms with Crippen LogP contribution < -0.4 is 5.73 Å². The number of carbonyl (C=O) groups is 1. The number of nitrogens with two attached hydrogens (primary N) is 1. The number of aromatic hydroxyl groups is 1. The standard InChI is InChI=1S/C10H13NO3/c1-2-6-5-7(12)3-4-8(6)9(11)10(13)14/h3-5,9,12H,2,11H2,1H3,(H,13,14). The van der Waals surface area contributed by atoms with E-state index >= 15 is 0 Å². The Kier molecular flexibility index (Phi) is 3.09. The zero-order chi connectivity index (χ0) is 10.7. The van der Waals surface area contributed by atoms with Gasteiger partial charge in [-0.25, -0.2) is 0 Å². The lowest BCUT2D eigenvalue weighted by Crippen LogP contribution is -2.21. The quantitative estimate of drug-likeness (QED) is 0.672. The molecule has 0 aromatic heterocycles. The molecular weight excluding hydrogens is 182 g/mol. The number of phenolic OH excluding ortho intramolecular Hbond substituents is 1. The lowest BCUT2D eigenvalue weighted by atomic mass is 9.99. The summed E-state index contributed by atoms with van der Waals surface area (Å²) in [7, 11) is 0. The minimum Gasteiger partial charge on any atom is -0.508 e. The van der Waals surface area contributed by atoms with Crippen LogP contribution in [0.4, 0.5) is 0 Å². The second-order valence-electron chi connectivity index (χ2n) is 3.05. The molecule has 4 nitrogen and oxygen atoms in total. The first-order valence-electron chi connectivity index (χ1n) is 4.36. The van der Waals surface area contributed by atoms with Gasteiger partial charge in [0.15, 0.2) is 0 Å². The summed E-state index contributed by atoms with van der Waals surface area (Å²) < 4.78 is 0. The first-order chi connectivity index (χ1) is 6.56. The number of aliphatic carboxylic acids is 1. The van der Waals surface area contributed by atoms with E-state index in [-0.39, 0.29) is 5.75 Å². The molecule has 0 heterocycles. The number of phenols is 1. The van der Waals surface area contributed by atoms with Gasteiger partial charge in [-0.2, -0.15) is 0 Å². The van der Waals surface area contributed by atoms with Gasteiger partial charge >= 0.3 is 5.97 Å². The molecule has 0 spiro atoms. The number of carboxylic acids is 1. The SMILES string of the molecule is CCc1cc(O)ccc1C(N)C(=O)O. The van der Waals surface area contributed by atoms with Crippen molar-refractivity contribution >= 4 is 5.97 Å². The highest BCUT2D eigenvalue weighted by Crippen LogP contribution is 2.21. The van der Waals surface area contributed by atoms with Crippen molar-refractivity contribution in [2.24, 2.45) is 5.73 Å². The summed E-state index contributed by atoms with van der Waals surface area (Å²) >= 11 is 0. The van der Waals surface area contributed by atoms with Crippen LogP contribution in [0.15, 0.2) is 18.2 Å². The Bertz CT molecular complexity index is 349. The highest BCUT2D eigenvalue weighted by Gasteiger charge is 2.17. The average molecular weight is 195 g/mol. The molecule has 76 valence electrons. The molecule has 4 N–H and O–H groups in total. The van der Waals surface area contributed by atoms with Crippen LogP contribution in [0.1, 0.15) is 24.1 Å². The maximum atomic E-state index is 10.7. The first kappa shape index (κ1) is 10.5. The molecule has 1 rings (SSSR count). The highest BCUT2D eigenvalue weighted by atomic mass is 16.4. The number of benzene rings is 1. The zero-order valence-corrected chi connectivity index (χ0v) is 7.90. The largest absolute Gasteiger partial charge is 0.508 e. The average Bonchev–Trinajstić information content (AvgIpc) is 2.16. The van der Waals surface area contributed by atoms with Crippen LogP contribution in [0, 0.1) is 0 Å². The van der Waals surface area contributed by atoms with Crippen LogP contribution in [-0.4, -0.2) is 16.2 Å². The Morgan fingerprint density at radius 2 is 2.21 bits per heavy atom. The third kappa shape index (κ3) is 2.03. The number of carboxylic acid groups (broad SMARTS) is 1. The van der Waals surface area contributed by atoms with Gasteiger partial charge < -0.3 is 15.9 Å². The van der Waals surface area contributed by atoms with Crippen molar-refractivity contribution < 1.29 is 15.0 Å². The van der Waals surface area contributed by atoms with Crippen LogP contribution in [-0.2, 0) is 11.2 Å². The van der Waals surface area contributed by atoms with E-state index in [0.29, 0.717) is 12.0 Å². The van der Waals surface area contributed by atoms with Crippen LogP contribution in [0.3, 0.4) is 0 Å². The zero-order valence-electron chi connectivity index (χ0n) is 7.90. The molecule has 0 amide bonds. The Morgan fingerprint density at radius 1 is 1.57 bits per heavy atom. The van der Waals surface area contributed by atoms with E-state index in [0.717, 1.165) is 5.56 Å². The maximum Gasteiger partial charge on any atom is 0.325 e. The lowest BCUT2D eigenvalue weighted by molar-refractivity contribution is -0.138. The number of hydrogen-bond donors (Lipinski definition) is 3. The number of rotatable bonds is 3. The van der Waals surface area contributed by atoms with E-state index in [1.807, 2.05) is 6.92 Å². The maximum absolute atomic E-state index is 10.7. The van der Waals surface area contributed by atoms with Crippen molar-refractivity contribution in [1.82, 2.24) is 0 Å². The van der Waals surface area contributed by atoms with Crippen molar-refractivity contribution in [3.05, 3.63) is 29.3 Å². The van der Waals surface area contributed by atoms with Crippen molar-refractivity contribution in [1.29, 1.82) is 0 Å². The van der Waals surface area contributed by atoms with Crippen LogP contribution in [0.5, 0.6) is 5.75 Å². The molecule has 0 fully saturated rings. The topological polar surface area (TPSA) is 83.5 Å². The molecule has 4 heteroatoms. The fourth-order valence-electron chi connectivity index (χ4n) is 1.33. The van der Waals surface area contributed by atoms with E-state index in [1.54, 1.807) is 6.07 Å². The predicted octanol–water partition coefficient (Wildman–Crippen LogP) is 1.04. The molecular formula is C10H13NO3. The van der Waals surface area contributed by atoms with E-state index in [2.05, 4.69) is 0 Å². The van der Waals surface area contributed by atoms with Gasteiger partial charge in [-0.05, 0) is 29.7 Å². The minimum atomic E-state index is -1.06. The van der Waals surface area contributed by atoms with Gasteiger partial charge in [0, 0.05) is 0 Å². The number of aryl methyl sites for hydroxylation is 1. The third-order valence-corrected chi connectivity index (χ3v) is 2.11. The van der Waals surface area contributed by atoms with Gasteiger partial charge in [0.25, 0.3) is 0 Å². The summed E-state index contributed by atoms with van der Waals surface area (Å²) in [6.45, 7) is 1.88. The fraction of sp³-hybridized carbons (Fsp3) is 0.300. The van der Waals surface area contributed by atoms with Crippen LogP contribution in [0.25, 0.3) is 0 Å². The van der Waals surface area contributed by atoms with E-state index in [4.69, 9.17) is 10.8 Å². The second-order valence-corrected chi connectivity index (χ2v) is 3.05. The van der Waals surface area contributed by atoms with Gasteiger partial charge in [-0.3, -0.25) is 4.79 Å². The molecule has 1 unspecified atom stereocenters. The monoisotopic (exact) mass is 195 g/mol. The highest BCUT2D eigenvalue weighted by molar-refractivity contribution is 5.75. The molecule has 0 saturated carbocycles. The van der Waals surface area contributed by atoms with E-state index < -0.39 is 12.0 Å². The molecule has 0 radical (unpaired) electrons. The second kappa shape index (κ2) is 4.11. The van der Waals surface area contributed by atoms with Gasteiger partial charge in [-0.15, -0.1) is 0 Å². The third-order valence-electron chi connectivity index (χ3n) is 2.11. The Balaban J connectivity index is 3.13. The molecule has 1 aromatic rings. The first-order valence-corrected chi connectivity index (χ1v) is 4.36. The fourth-order valence-corrected chi connectivity index (χ4v) is 1.33. The summed E-state index contributed by atoms with van der Waals surface area (Å²) in [6, 6.07) is 3.51. The molecule has 0 aliphatic rings. The molecule has 0 aliphatic carbocycles. The molecule has 1 aromatic carbocycles. The molecule has 0 bridgehead atoms. The smallest absolute Gasteiger partial charge is 0.325 e. The summed E-state index contributed by atoms with van der Waals surface area (Å²) in [5.74, 6) is -0.937. The van der Waals surface area contributed by atoms with E-state index in [9.17, 15) is 9.90 Å². The molecule has 0 saturated heterocycles. The summed E-state index contributed by atoms with van der Waals surface area (Å²) in [4.78, 5) is 10.7. The van der Waals surface area contributed by atoms with Crippen molar-refractivity contribution in [3.8, 4) is 5.75 Å². The van der Waals surface area contributed by atoms with E-state index in [1.165, 1.54) is 12.1 Å². The molecule has 14 heavy (non-hydrogen) atoms. The summed E-state index contributed by atoms with van der Waals surface area (Å²) in [6.07, 6.45) is 0.644. The van der Waals surface area contributed by atoms with Gasteiger partial charge in [-0.1, -0.05) is 13.0 Å². The number of hydrogen-bond acceptors (Lipinski definition) is 3. The predicted molar refractivity (Wildman–Crippen MR) is 52.0 cm³/mol. The van der Waals surface area contributed by atoms with Crippen LogP contribution >= 0.6 is 0 Å². The normalized spacial score (nSPS) is 12.4. The minimum absolute atomic E-state index is 0.128. The van der Waals surface area contributed by atoms with Crippen molar-refractivity contribution in [2.45, 2.75) is 19.4 Å². The van der Waals surface area contributed by atoms with Gasteiger partial charge in [0.05, 0.1) is 0 Å².